The Morgan fingerprint density at radius 2 is 1.72 bits per heavy atom. The molecule has 2 rings (SSSR count). The number of thioether (sulfide) groups is 1. The molecule has 0 unspecified atom stereocenters. The summed E-state index contributed by atoms with van der Waals surface area (Å²) in [6.45, 7) is 0. The topological polar surface area (TPSA) is 112 Å². The molecular weight excluding hydrogens is 348 g/mol. The molecule has 0 bridgehead atoms. The molecule has 1 aromatic carbocycles. The van der Waals surface area contributed by atoms with E-state index in [0.717, 1.165) is 0 Å². The van der Waals surface area contributed by atoms with E-state index in [2.05, 4.69) is 25.0 Å². The molecule has 0 radical (unpaired) electrons. The number of rotatable bonds is 6. The third-order valence-electron chi connectivity index (χ3n) is 3.06. The maximum atomic E-state index is 12.1. The van der Waals surface area contributed by atoms with Gasteiger partial charge >= 0.3 is 11.9 Å². The molecule has 9 nitrogen and oxygen atoms in total. The van der Waals surface area contributed by atoms with Crippen LogP contribution in [0.2, 0.25) is 0 Å². The van der Waals surface area contributed by atoms with Crippen molar-refractivity contribution in [2.75, 3.05) is 25.3 Å². The van der Waals surface area contributed by atoms with Gasteiger partial charge < -0.3 is 19.4 Å². The number of amides is 1. The van der Waals surface area contributed by atoms with E-state index in [1.54, 1.807) is 11.6 Å². The molecule has 0 saturated heterocycles. The minimum absolute atomic E-state index is 0.0859. The fourth-order valence-corrected chi connectivity index (χ4v) is 2.59. The number of aromatic nitrogens is 3. The van der Waals surface area contributed by atoms with E-state index in [4.69, 9.17) is 0 Å². The molecule has 1 heterocycles. The zero-order chi connectivity index (χ0) is 18.4. The average molecular weight is 364 g/mol. The Morgan fingerprint density at radius 1 is 1.12 bits per heavy atom. The van der Waals surface area contributed by atoms with Gasteiger partial charge in [-0.2, -0.15) is 0 Å². The highest BCUT2D eigenvalue weighted by atomic mass is 32.2. The third-order valence-corrected chi connectivity index (χ3v) is 4.10. The molecule has 0 saturated carbocycles. The van der Waals surface area contributed by atoms with Crippen LogP contribution in [0.3, 0.4) is 0 Å². The van der Waals surface area contributed by atoms with Crippen LogP contribution in [0.4, 0.5) is 5.69 Å². The van der Waals surface area contributed by atoms with Crippen molar-refractivity contribution in [2.24, 2.45) is 7.05 Å². The Labute approximate surface area is 147 Å². The first-order chi connectivity index (χ1) is 11.9. The summed E-state index contributed by atoms with van der Waals surface area (Å²) in [6, 6.07) is 4.17. The smallest absolute Gasteiger partial charge is 0.337 e. The van der Waals surface area contributed by atoms with Gasteiger partial charge in [0.15, 0.2) is 5.16 Å². The number of benzene rings is 1. The van der Waals surface area contributed by atoms with Crippen LogP contribution in [-0.2, 0) is 21.3 Å². The predicted molar refractivity (Wildman–Crippen MR) is 89.5 cm³/mol. The summed E-state index contributed by atoms with van der Waals surface area (Å²) in [7, 11) is 4.22. The number of carbonyl (C=O) groups is 3. The standard InChI is InChI=1S/C15H16N4O5S/c1-19-8-16-18-15(19)25-7-12(20)17-11-5-9(13(21)23-2)4-10(6-11)14(22)24-3/h4-6,8H,7H2,1-3H3,(H,17,20). The molecule has 1 N–H and O–H groups in total. The average Bonchev–Trinajstić information content (AvgIpc) is 3.03. The second kappa shape index (κ2) is 8.29. The molecular formula is C15H16N4O5S. The van der Waals surface area contributed by atoms with Gasteiger partial charge in [-0.1, -0.05) is 11.8 Å². The quantitative estimate of drug-likeness (QED) is 0.599. The van der Waals surface area contributed by atoms with E-state index in [1.807, 2.05) is 0 Å². The zero-order valence-electron chi connectivity index (χ0n) is 13.8. The summed E-state index contributed by atoms with van der Waals surface area (Å²) in [5.74, 6) is -1.50. The van der Waals surface area contributed by atoms with Gasteiger partial charge in [0, 0.05) is 12.7 Å². The van der Waals surface area contributed by atoms with Crippen LogP contribution in [0.5, 0.6) is 0 Å². The van der Waals surface area contributed by atoms with E-state index in [-0.39, 0.29) is 28.5 Å². The molecule has 2 aromatic rings. The van der Waals surface area contributed by atoms with Gasteiger partial charge in [-0.3, -0.25) is 4.79 Å². The predicted octanol–water partition coefficient (Wildman–Crippen LogP) is 1.12. The highest BCUT2D eigenvalue weighted by Gasteiger charge is 2.15. The first-order valence-corrected chi connectivity index (χ1v) is 8.01. The number of esters is 2. The third kappa shape index (κ3) is 4.80. The van der Waals surface area contributed by atoms with Crippen LogP contribution in [0.15, 0.2) is 29.7 Å². The molecule has 0 aliphatic heterocycles. The van der Waals surface area contributed by atoms with E-state index in [9.17, 15) is 14.4 Å². The second-order valence-corrected chi connectivity index (χ2v) is 5.79. The summed E-state index contributed by atoms with van der Waals surface area (Å²) < 4.78 is 11.0. The molecule has 0 aliphatic carbocycles. The molecule has 132 valence electrons. The van der Waals surface area contributed by atoms with Crippen LogP contribution in [-0.4, -0.2) is 52.6 Å². The number of hydrogen-bond acceptors (Lipinski definition) is 8. The summed E-state index contributed by atoms with van der Waals surface area (Å²) in [5, 5.41) is 10.8. The van der Waals surface area contributed by atoms with Crippen molar-refractivity contribution in [1.29, 1.82) is 0 Å². The molecule has 0 spiro atoms. The van der Waals surface area contributed by atoms with Crippen molar-refractivity contribution in [3.8, 4) is 0 Å². The number of anilines is 1. The Bertz CT molecular complexity index is 771. The van der Waals surface area contributed by atoms with Crippen LogP contribution >= 0.6 is 11.8 Å². The molecule has 0 atom stereocenters. The number of ether oxygens (including phenoxy) is 2. The Balaban J connectivity index is 2.13. The van der Waals surface area contributed by atoms with Crippen molar-refractivity contribution in [3.63, 3.8) is 0 Å². The van der Waals surface area contributed by atoms with Gasteiger partial charge in [0.25, 0.3) is 0 Å². The monoisotopic (exact) mass is 364 g/mol. The van der Waals surface area contributed by atoms with Gasteiger partial charge in [-0.15, -0.1) is 10.2 Å². The van der Waals surface area contributed by atoms with Crippen molar-refractivity contribution in [3.05, 3.63) is 35.7 Å². The molecule has 1 aromatic heterocycles. The minimum atomic E-state index is -0.630. The van der Waals surface area contributed by atoms with Crippen molar-refractivity contribution < 1.29 is 23.9 Å². The first kappa shape index (κ1) is 18.5. The lowest BCUT2D eigenvalue weighted by Crippen LogP contribution is -2.16. The lowest BCUT2D eigenvalue weighted by molar-refractivity contribution is -0.113. The van der Waals surface area contributed by atoms with E-state index in [0.29, 0.717) is 5.16 Å². The van der Waals surface area contributed by atoms with E-state index < -0.39 is 11.9 Å². The molecule has 0 aliphatic rings. The second-order valence-electron chi connectivity index (χ2n) is 4.84. The van der Waals surface area contributed by atoms with Crippen LogP contribution < -0.4 is 5.32 Å². The first-order valence-electron chi connectivity index (χ1n) is 7.03. The van der Waals surface area contributed by atoms with Crippen LogP contribution in [0.25, 0.3) is 0 Å². The maximum Gasteiger partial charge on any atom is 0.337 e. The minimum Gasteiger partial charge on any atom is -0.465 e. The molecule has 1 amide bonds. The van der Waals surface area contributed by atoms with Crippen LogP contribution in [0.1, 0.15) is 20.7 Å². The number of hydrogen-bond donors (Lipinski definition) is 1. The largest absolute Gasteiger partial charge is 0.465 e. The van der Waals surface area contributed by atoms with Gasteiger partial charge in [0.05, 0.1) is 31.1 Å². The fraction of sp³-hybridized carbons (Fsp3) is 0.267. The number of carbonyl (C=O) groups excluding carboxylic acids is 3. The molecule has 25 heavy (non-hydrogen) atoms. The van der Waals surface area contributed by atoms with Gasteiger partial charge in [-0.25, -0.2) is 9.59 Å². The fourth-order valence-electron chi connectivity index (χ4n) is 1.90. The molecule has 10 heteroatoms. The Morgan fingerprint density at radius 3 is 2.20 bits per heavy atom. The van der Waals surface area contributed by atoms with Gasteiger partial charge in [0.2, 0.25) is 5.91 Å². The van der Waals surface area contributed by atoms with Gasteiger partial charge in [-0.05, 0) is 18.2 Å². The summed E-state index contributed by atoms with van der Waals surface area (Å²) >= 11 is 1.21. The zero-order valence-corrected chi connectivity index (χ0v) is 14.6. The van der Waals surface area contributed by atoms with Crippen molar-refractivity contribution in [1.82, 2.24) is 14.8 Å². The SMILES string of the molecule is COC(=O)c1cc(NC(=O)CSc2nncn2C)cc(C(=O)OC)c1. The number of methoxy groups -OCH3 is 2. The normalized spacial score (nSPS) is 10.2. The van der Waals surface area contributed by atoms with Gasteiger partial charge in [0.1, 0.15) is 6.33 Å². The Kier molecular flexibility index (Phi) is 6.12. The number of nitrogens with one attached hydrogen (secondary N) is 1. The van der Waals surface area contributed by atoms with Crippen molar-refractivity contribution >= 4 is 35.3 Å². The number of aryl methyl sites for hydroxylation is 1. The molecule has 0 fully saturated rings. The highest BCUT2D eigenvalue weighted by molar-refractivity contribution is 7.99. The van der Waals surface area contributed by atoms with Crippen molar-refractivity contribution in [2.45, 2.75) is 5.16 Å². The summed E-state index contributed by atoms with van der Waals surface area (Å²) in [6.07, 6.45) is 1.53. The van der Waals surface area contributed by atoms with E-state index >= 15 is 0 Å². The Hall–Kier alpha value is -2.88. The summed E-state index contributed by atoms with van der Waals surface area (Å²) in [4.78, 5) is 35.5. The summed E-state index contributed by atoms with van der Waals surface area (Å²) in [5.41, 5.74) is 0.537. The maximum absolute atomic E-state index is 12.1. The lowest BCUT2D eigenvalue weighted by atomic mass is 10.1. The lowest BCUT2D eigenvalue weighted by Gasteiger charge is -2.09. The van der Waals surface area contributed by atoms with Crippen LogP contribution in [0, 0.1) is 0 Å². The highest BCUT2D eigenvalue weighted by Crippen LogP contribution is 2.18. The number of nitrogens with zero attached hydrogens (tertiary/aromatic N) is 3. The van der Waals surface area contributed by atoms with E-state index in [1.165, 1.54) is 50.5 Å².